The van der Waals surface area contributed by atoms with Gasteiger partial charge in [0.1, 0.15) is 0 Å². The fourth-order valence-corrected chi connectivity index (χ4v) is 0.742. The lowest BCUT2D eigenvalue weighted by molar-refractivity contribution is -0.168. The Morgan fingerprint density at radius 3 is 2.92 bits per heavy atom. The number of carbonyl (C=O) groups is 2. The molecule has 0 aromatic rings. The first kappa shape index (κ1) is 8.66. The molecule has 1 atom stereocenters. The highest BCUT2D eigenvalue weighted by Crippen LogP contribution is 1.97. The monoisotopic (exact) mass is 172 g/mol. The van der Waals surface area contributed by atoms with E-state index in [4.69, 9.17) is 5.11 Å². The molecule has 1 rings (SSSR count). The number of esters is 1. The van der Waals surface area contributed by atoms with E-state index in [-0.39, 0.29) is 0 Å². The van der Waals surface area contributed by atoms with E-state index in [0.29, 0.717) is 13.1 Å². The second-order valence-corrected chi connectivity index (χ2v) is 2.16. The number of aliphatic imine (C=N–C) groups is 1. The SMILES string of the molecule is O=C(O)C(=O)OC1CC=NCN1. The van der Waals surface area contributed by atoms with Crippen LogP contribution in [-0.2, 0) is 14.3 Å². The van der Waals surface area contributed by atoms with Crippen molar-refractivity contribution < 1.29 is 19.4 Å². The van der Waals surface area contributed by atoms with Crippen LogP contribution < -0.4 is 5.32 Å². The molecule has 0 fully saturated rings. The molecule has 1 unspecified atom stereocenters. The zero-order valence-electron chi connectivity index (χ0n) is 6.19. The van der Waals surface area contributed by atoms with Crippen molar-refractivity contribution in [1.29, 1.82) is 0 Å². The highest BCUT2D eigenvalue weighted by atomic mass is 16.6. The van der Waals surface area contributed by atoms with Gasteiger partial charge in [-0.05, 0) is 0 Å². The number of nitrogens with zero attached hydrogens (tertiary/aromatic N) is 1. The summed E-state index contributed by atoms with van der Waals surface area (Å²) in [6, 6.07) is 0. The fraction of sp³-hybridized carbons (Fsp3) is 0.500. The van der Waals surface area contributed by atoms with E-state index in [1.807, 2.05) is 0 Å². The maximum absolute atomic E-state index is 10.5. The molecule has 0 aromatic carbocycles. The third kappa shape index (κ3) is 2.31. The minimum atomic E-state index is -1.58. The van der Waals surface area contributed by atoms with Gasteiger partial charge in [-0.15, -0.1) is 0 Å². The van der Waals surface area contributed by atoms with Crippen molar-refractivity contribution in [2.75, 3.05) is 6.67 Å². The van der Waals surface area contributed by atoms with Crippen LogP contribution in [0, 0.1) is 0 Å². The van der Waals surface area contributed by atoms with Crippen LogP contribution in [0.3, 0.4) is 0 Å². The smallest absolute Gasteiger partial charge is 0.418 e. The molecule has 0 radical (unpaired) electrons. The van der Waals surface area contributed by atoms with Gasteiger partial charge in [0.15, 0.2) is 6.23 Å². The Bertz CT molecular complexity index is 226. The summed E-state index contributed by atoms with van der Waals surface area (Å²) >= 11 is 0. The minimum Gasteiger partial charge on any atom is -0.473 e. The Labute approximate surface area is 68.2 Å². The van der Waals surface area contributed by atoms with Crippen LogP contribution in [0.2, 0.25) is 0 Å². The van der Waals surface area contributed by atoms with E-state index in [0.717, 1.165) is 0 Å². The van der Waals surface area contributed by atoms with Gasteiger partial charge in [0.25, 0.3) is 0 Å². The molecule has 2 N–H and O–H groups in total. The van der Waals surface area contributed by atoms with Crippen LogP contribution in [0.5, 0.6) is 0 Å². The Balaban J connectivity index is 2.35. The van der Waals surface area contributed by atoms with Gasteiger partial charge in [-0.25, -0.2) is 9.59 Å². The normalized spacial score (nSPS) is 21.8. The lowest BCUT2D eigenvalue weighted by Crippen LogP contribution is -2.38. The largest absolute Gasteiger partial charge is 0.473 e. The van der Waals surface area contributed by atoms with E-state index in [1.165, 1.54) is 0 Å². The third-order valence-electron chi connectivity index (χ3n) is 1.28. The molecule has 1 aliphatic heterocycles. The number of carboxylic acids is 1. The predicted molar refractivity (Wildman–Crippen MR) is 38.6 cm³/mol. The first-order valence-corrected chi connectivity index (χ1v) is 3.35. The van der Waals surface area contributed by atoms with Gasteiger partial charge >= 0.3 is 11.9 Å². The lowest BCUT2D eigenvalue weighted by Gasteiger charge is -2.17. The maximum Gasteiger partial charge on any atom is 0.418 e. The van der Waals surface area contributed by atoms with Crippen LogP contribution in [0.1, 0.15) is 6.42 Å². The fourth-order valence-electron chi connectivity index (χ4n) is 0.742. The Hall–Kier alpha value is -1.43. The summed E-state index contributed by atoms with van der Waals surface area (Å²) in [5.74, 6) is -2.83. The van der Waals surface area contributed by atoms with Gasteiger partial charge in [-0.2, -0.15) is 0 Å². The summed E-state index contributed by atoms with van der Waals surface area (Å²) in [6.07, 6.45) is 1.42. The van der Waals surface area contributed by atoms with Crippen LogP contribution in [0.15, 0.2) is 4.99 Å². The predicted octanol–water partition coefficient (Wildman–Crippen LogP) is -1.04. The van der Waals surface area contributed by atoms with E-state index in [2.05, 4.69) is 15.0 Å². The summed E-state index contributed by atoms with van der Waals surface area (Å²) in [5, 5.41) is 10.9. The number of hydrogen-bond acceptors (Lipinski definition) is 5. The molecule has 0 saturated heterocycles. The molecule has 0 amide bonds. The van der Waals surface area contributed by atoms with E-state index >= 15 is 0 Å². The standard InChI is InChI=1S/C6H8N2O4/c9-5(10)6(11)12-4-1-2-7-3-8-4/h2,4,8H,1,3H2,(H,9,10). The van der Waals surface area contributed by atoms with Crippen molar-refractivity contribution in [2.45, 2.75) is 12.6 Å². The molecule has 1 heterocycles. The van der Waals surface area contributed by atoms with Gasteiger partial charge < -0.3 is 9.84 Å². The second kappa shape index (κ2) is 3.82. The number of carbonyl (C=O) groups excluding carboxylic acids is 1. The van der Waals surface area contributed by atoms with Crippen molar-refractivity contribution >= 4 is 18.2 Å². The summed E-state index contributed by atoms with van der Waals surface area (Å²) in [7, 11) is 0. The Morgan fingerprint density at radius 1 is 1.67 bits per heavy atom. The van der Waals surface area contributed by atoms with Crippen molar-refractivity contribution in [3.63, 3.8) is 0 Å². The summed E-state index contributed by atoms with van der Waals surface area (Å²) in [5.41, 5.74) is 0. The van der Waals surface area contributed by atoms with Crippen molar-refractivity contribution in [3.8, 4) is 0 Å². The maximum atomic E-state index is 10.5. The Kier molecular flexibility index (Phi) is 2.76. The molecule has 0 saturated carbocycles. The topological polar surface area (TPSA) is 88.0 Å². The molecule has 0 bridgehead atoms. The molecule has 1 aliphatic rings. The van der Waals surface area contributed by atoms with Crippen LogP contribution in [0.4, 0.5) is 0 Å². The number of hydrogen-bond donors (Lipinski definition) is 2. The molecule has 66 valence electrons. The third-order valence-corrected chi connectivity index (χ3v) is 1.28. The molecular formula is C6H8N2O4. The molecule has 12 heavy (non-hydrogen) atoms. The molecule has 6 nitrogen and oxygen atoms in total. The molecule has 0 aliphatic carbocycles. The summed E-state index contributed by atoms with van der Waals surface area (Å²) in [6.45, 7) is 0.345. The number of aliphatic carboxylic acids is 1. The minimum absolute atomic E-state index is 0.345. The molecule has 0 spiro atoms. The number of carboxylic acid groups (broad SMARTS) is 1. The van der Waals surface area contributed by atoms with E-state index in [1.54, 1.807) is 6.21 Å². The van der Waals surface area contributed by atoms with Gasteiger partial charge in [0, 0.05) is 12.6 Å². The van der Waals surface area contributed by atoms with Gasteiger partial charge in [0.05, 0.1) is 6.67 Å². The molecule has 0 aromatic heterocycles. The summed E-state index contributed by atoms with van der Waals surface area (Å²) < 4.78 is 4.51. The van der Waals surface area contributed by atoms with Crippen LogP contribution >= 0.6 is 0 Å². The van der Waals surface area contributed by atoms with Crippen molar-refractivity contribution in [2.24, 2.45) is 4.99 Å². The zero-order chi connectivity index (χ0) is 8.97. The van der Waals surface area contributed by atoms with Gasteiger partial charge in [-0.1, -0.05) is 0 Å². The quantitative estimate of drug-likeness (QED) is 0.389. The van der Waals surface area contributed by atoms with Gasteiger partial charge in [0.2, 0.25) is 0 Å². The first-order valence-electron chi connectivity index (χ1n) is 3.35. The number of nitrogens with one attached hydrogen (secondary N) is 1. The van der Waals surface area contributed by atoms with Crippen LogP contribution in [-0.4, -0.2) is 36.2 Å². The second-order valence-electron chi connectivity index (χ2n) is 2.16. The lowest BCUT2D eigenvalue weighted by atomic mass is 10.4. The zero-order valence-corrected chi connectivity index (χ0v) is 6.19. The van der Waals surface area contributed by atoms with Crippen molar-refractivity contribution in [1.82, 2.24) is 5.32 Å². The average molecular weight is 172 g/mol. The summed E-state index contributed by atoms with van der Waals surface area (Å²) in [4.78, 5) is 24.3. The first-order chi connectivity index (χ1) is 5.70. The Morgan fingerprint density at radius 2 is 2.42 bits per heavy atom. The average Bonchev–Trinajstić information content (AvgIpc) is 2.06. The molecular weight excluding hydrogens is 164 g/mol. The van der Waals surface area contributed by atoms with Crippen molar-refractivity contribution in [3.05, 3.63) is 0 Å². The highest BCUT2D eigenvalue weighted by Gasteiger charge is 2.19. The van der Waals surface area contributed by atoms with Gasteiger partial charge in [-0.3, -0.25) is 10.3 Å². The number of ether oxygens (including phenoxy) is 1. The van der Waals surface area contributed by atoms with E-state index < -0.39 is 18.2 Å². The molecule has 6 heteroatoms. The van der Waals surface area contributed by atoms with E-state index in [9.17, 15) is 9.59 Å². The van der Waals surface area contributed by atoms with Crippen LogP contribution in [0.25, 0.3) is 0 Å². The number of rotatable bonds is 1. The highest BCUT2D eigenvalue weighted by molar-refractivity contribution is 6.28.